The molecule has 2 N–H and O–H groups in total. The molecule has 1 aliphatic carbocycles. The van der Waals surface area contributed by atoms with Crippen molar-refractivity contribution in [3.05, 3.63) is 0 Å². The molecule has 0 bridgehead atoms. The highest BCUT2D eigenvalue weighted by molar-refractivity contribution is 4.79. The zero-order valence-electron chi connectivity index (χ0n) is 10.1. The van der Waals surface area contributed by atoms with E-state index in [9.17, 15) is 0 Å². The second-order valence-electron chi connectivity index (χ2n) is 5.49. The van der Waals surface area contributed by atoms with E-state index in [1.54, 1.807) is 0 Å². The molecule has 1 aliphatic heterocycles. The third-order valence-electron chi connectivity index (χ3n) is 4.03. The fourth-order valence-electron chi connectivity index (χ4n) is 3.05. The van der Waals surface area contributed by atoms with Gasteiger partial charge in [0.15, 0.2) is 0 Å². The van der Waals surface area contributed by atoms with Crippen molar-refractivity contribution in [3.63, 3.8) is 0 Å². The number of nitrogens with one attached hydrogen (secondary N) is 2. The van der Waals surface area contributed by atoms with Gasteiger partial charge in [-0.25, -0.2) is 0 Å². The molecule has 2 aliphatic rings. The number of hydrogen-bond acceptors (Lipinski definition) is 2. The van der Waals surface area contributed by atoms with Crippen molar-refractivity contribution in [1.82, 2.24) is 10.6 Å². The Bertz CT molecular complexity index is 169. The van der Waals surface area contributed by atoms with E-state index in [0.29, 0.717) is 6.04 Å². The molecule has 2 fully saturated rings. The third kappa shape index (κ3) is 3.76. The molecular formula is C13H26N2. The van der Waals surface area contributed by atoms with Crippen molar-refractivity contribution in [2.75, 3.05) is 13.1 Å². The van der Waals surface area contributed by atoms with Crippen LogP contribution in [0.1, 0.15) is 51.9 Å². The minimum atomic E-state index is 0.696. The molecule has 2 unspecified atom stereocenters. The molecule has 1 heterocycles. The molecule has 2 heteroatoms. The Labute approximate surface area is 94.2 Å². The van der Waals surface area contributed by atoms with Gasteiger partial charge in [-0.3, -0.25) is 0 Å². The summed E-state index contributed by atoms with van der Waals surface area (Å²) in [5.41, 5.74) is 0. The van der Waals surface area contributed by atoms with Gasteiger partial charge in [0.25, 0.3) is 0 Å². The third-order valence-corrected chi connectivity index (χ3v) is 4.03. The monoisotopic (exact) mass is 210 g/mol. The summed E-state index contributed by atoms with van der Waals surface area (Å²) >= 11 is 0. The Hall–Kier alpha value is -0.0800. The van der Waals surface area contributed by atoms with Crippen LogP contribution in [0.25, 0.3) is 0 Å². The second-order valence-corrected chi connectivity index (χ2v) is 5.49. The van der Waals surface area contributed by atoms with E-state index in [1.165, 1.54) is 58.0 Å². The van der Waals surface area contributed by atoms with Crippen LogP contribution in [0.2, 0.25) is 0 Å². The summed E-state index contributed by atoms with van der Waals surface area (Å²) in [4.78, 5) is 0. The maximum Gasteiger partial charge on any atom is 0.00822 e. The average molecular weight is 210 g/mol. The summed E-state index contributed by atoms with van der Waals surface area (Å²) in [7, 11) is 0. The van der Waals surface area contributed by atoms with Crippen molar-refractivity contribution in [3.8, 4) is 0 Å². The maximum absolute atomic E-state index is 3.71. The van der Waals surface area contributed by atoms with E-state index >= 15 is 0 Å². The fraction of sp³-hybridized carbons (Fsp3) is 1.00. The Morgan fingerprint density at radius 3 is 2.67 bits per heavy atom. The highest BCUT2D eigenvalue weighted by Gasteiger charge is 2.19. The van der Waals surface area contributed by atoms with Crippen LogP contribution in [0.4, 0.5) is 0 Å². The summed E-state index contributed by atoms with van der Waals surface area (Å²) in [5.74, 6) is 0.976. The Morgan fingerprint density at radius 2 is 2.00 bits per heavy atom. The summed E-state index contributed by atoms with van der Waals surface area (Å²) in [6.07, 6.45) is 9.92. The lowest BCUT2D eigenvalue weighted by molar-refractivity contribution is 0.399. The highest BCUT2D eigenvalue weighted by Crippen LogP contribution is 2.24. The normalized spacial score (nSPS) is 29.8. The lowest BCUT2D eigenvalue weighted by Crippen LogP contribution is -2.36. The van der Waals surface area contributed by atoms with E-state index < -0.39 is 0 Å². The number of rotatable bonds is 5. The van der Waals surface area contributed by atoms with Gasteiger partial charge in [0.2, 0.25) is 0 Å². The Kier molecular flexibility index (Phi) is 4.45. The molecule has 0 aromatic rings. The first kappa shape index (κ1) is 11.4. The van der Waals surface area contributed by atoms with Gasteiger partial charge < -0.3 is 10.6 Å². The lowest BCUT2D eigenvalue weighted by Gasteiger charge is -2.20. The minimum Gasteiger partial charge on any atom is -0.314 e. The summed E-state index contributed by atoms with van der Waals surface area (Å²) in [6.45, 7) is 4.84. The Morgan fingerprint density at radius 1 is 1.20 bits per heavy atom. The van der Waals surface area contributed by atoms with Gasteiger partial charge in [0.1, 0.15) is 0 Å². The predicted molar refractivity (Wildman–Crippen MR) is 65.1 cm³/mol. The molecule has 1 saturated heterocycles. The van der Waals surface area contributed by atoms with Gasteiger partial charge in [-0.1, -0.05) is 12.8 Å². The zero-order valence-corrected chi connectivity index (χ0v) is 10.1. The van der Waals surface area contributed by atoms with Crippen molar-refractivity contribution in [2.45, 2.75) is 64.0 Å². The van der Waals surface area contributed by atoms with Gasteiger partial charge in [-0.05, 0) is 58.0 Å². The lowest BCUT2D eigenvalue weighted by atomic mass is 10.0. The summed E-state index contributed by atoms with van der Waals surface area (Å²) in [5, 5.41) is 7.29. The second kappa shape index (κ2) is 5.86. The molecule has 0 aromatic carbocycles. The molecular weight excluding hydrogens is 184 g/mol. The van der Waals surface area contributed by atoms with Gasteiger partial charge in [0, 0.05) is 12.1 Å². The van der Waals surface area contributed by atoms with Gasteiger partial charge in [-0.2, -0.15) is 0 Å². The number of hydrogen-bond donors (Lipinski definition) is 2. The molecule has 88 valence electrons. The summed E-state index contributed by atoms with van der Waals surface area (Å²) in [6, 6.07) is 1.48. The van der Waals surface area contributed by atoms with E-state index in [1.807, 2.05) is 0 Å². The highest BCUT2D eigenvalue weighted by atomic mass is 15.0. The molecule has 2 nitrogen and oxygen atoms in total. The molecule has 2 atom stereocenters. The van der Waals surface area contributed by atoms with Crippen molar-refractivity contribution >= 4 is 0 Å². The molecule has 1 saturated carbocycles. The first-order valence-electron chi connectivity index (χ1n) is 6.81. The van der Waals surface area contributed by atoms with Gasteiger partial charge in [0.05, 0.1) is 0 Å². The van der Waals surface area contributed by atoms with Crippen LogP contribution in [0, 0.1) is 5.92 Å². The van der Waals surface area contributed by atoms with E-state index in [0.717, 1.165) is 12.0 Å². The van der Waals surface area contributed by atoms with Crippen molar-refractivity contribution in [2.24, 2.45) is 5.92 Å². The SMILES string of the molecule is CC(CC1CCCN1)NCC1CCCC1. The predicted octanol–water partition coefficient (Wildman–Crippen LogP) is 2.30. The minimum absolute atomic E-state index is 0.696. The smallest absolute Gasteiger partial charge is 0.00822 e. The largest absolute Gasteiger partial charge is 0.314 e. The fourth-order valence-corrected chi connectivity index (χ4v) is 3.05. The van der Waals surface area contributed by atoms with Gasteiger partial charge >= 0.3 is 0 Å². The average Bonchev–Trinajstić information content (AvgIpc) is 2.86. The topological polar surface area (TPSA) is 24.1 Å². The standard InChI is InChI=1S/C13H26N2/c1-11(9-13-7-4-8-14-13)15-10-12-5-2-3-6-12/h11-15H,2-10H2,1H3. The molecule has 0 amide bonds. The van der Waals surface area contributed by atoms with Crippen LogP contribution in [-0.2, 0) is 0 Å². The van der Waals surface area contributed by atoms with Crippen LogP contribution in [0.3, 0.4) is 0 Å². The molecule has 2 rings (SSSR count). The zero-order chi connectivity index (χ0) is 10.5. The van der Waals surface area contributed by atoms with Crippen LogP contribution < -0.4 is 10.6 Å². The first-order valence-corrected chi connectivity index (χ1v) is 6.81. The van der Waals surface area contributed by atoms with Crippen LogP contribution in [-0.4, -0.2) is 25.2 Å². The van der Waals surface area contributed by atoms with Crippen molar-refractivity contribution < 1.29 is 0 Å². The maximum atomic E-state index is 3.71. The summed E-state index contributed by atoms with van der Waals surface area (Å²) < 4.78 is 0. The van der Waals surface area contributed by atoms with E-state index in [4.69, 9.17) is 0 Å². The van der Waals surface area contributed by atoms with E-state index in [-0.39, 0.29) is 0 Å². The van der Waals surface area contributed by atoms with Crippen LogP contribution in [0.15, 0.2) is 0 Å². The van der Waals surface area contributed by atoms with Crippen molar-refractivity contribution in [1.29, 1.82) is 0 Å². The molecule has 0 spiro atoms. The van der Waals surface area contributed by atoms with E-state index in [2.05, 4.69) is 17.6 Å². The first-order chi connectivity index (χ1) is 7.34. The van der Waals surface area contributed by atoms with Gasteiger partial charge in [-0.15, -0.1) is 0 Å². The Balaban J connectivity index is 1.57. The van der Waals surface area contributed by atoms with Crippen LogP contribution >= 0.6 is 0 Å². The quantitative estimate of drug-likeness (QED) is 0.727. The molecule has 15 heavy (non-hydrogen) atoms. The van der Waals surface area contributed by atoms with Crippen LogP contribution in [0.5, 0.6) is 0 Å². The molecule has 0 aromatic heterocycles. The molecule has 0 radical (unpaired) electrons.